The number of aliphatic carboxylic acids is 1. The lowest BCUT2D eigenvalue weighted by molar-refractivity contribution is -0.139. The van der Waals surface area contributed by atoms with Crippen LogP contribution in [0.25, 0.3) is 0 Å². The molecule has 0 radical (unpaired) electrons. The van der Waals surface area contributed by atoms with Crippen LogP contribution in [0.5, 0.6) is 11.5 Å². The number of rotatable bonds is 7. The van der Waals surface area contributed by atoms with E-state index in [2.05, 4.69) is 5.32 Å². The van der Waals surface area contributed by atoms with Gasteiger partial charge in [0.15, 0.2) is 18.1 Å². The van der Waals surface area contributed by atoms with Crippen LogP contribution in [0.15, 0.2) is 18.2 Å². The second kappa shape index (κ2) is 8.36. The first kappa shape index (κ1) is 18.6. The quantitative estimate of drug-likeness (QED) is 0.757. The molecule has 1 atom stereocenters. The zero-order chi connectivity index (χ0) is 18.4. The lowest BCUT2D eigenvalue weighted by atomic mass is 10.0. The van der Waals surface area contributed by atoms with E-state index in [1.807, 2.05) is 0 Å². The molecule has 0 saturated carbocycles. The van der Waals surface area contributed by atoms with E-state index >= 15 is 0 Å². The predicted molar refractivity (Wildman–Crippen MR) is 88.9 cm³/mol. The van der Waals surface area contributed by atoms with Gasteiger partial charge in [-0.2, -0.15) is 0 Å². The molecule has 1 unspecified atom stereocenters. The van der Waals surface area contributed by atoms with Crippen LogP contribution in [0, 0.1) is 0 Å². The Bertz CT molecular complexity index is 661. The fourth-order valence-corrected chi connectivity index (χ4v) is 2.58. The minimum atomic E-state index is -1.10. The van der Waals surface area contributed by atoms with E-state index < -0.39 is 12.6 Å². The molecule has 1 aromatic carbocycles. The van der Waals surface area contributed by atoms with Crippen molar-refractivity contribution in [2.75, 3.05) is 26.8 Å². The fraction of sp³-hybridized carbons (Fsp3) is 0.471. The smallest absolute Gasteiger partial charge is 0.341 e. The first-order valence-corrected chi connectivity index (χ1v) is 8.07. The summed E-state index contributed by atoms with van der Waals surface area (Å²) < 4.78 is 10.6. The Hall–Kier alpha value is -2.77. The highest BCUT2D eigenvalue weighted by Gasteiger charge is 2.24. The fourth-order valence-electron chi connectivity index (χ4n) is 2.58. The second-order valence-corrected chi connectivity index (χ2v) is 5.76. The van der Waals surface area contributed by atoms with Crippen LogP contribution in [0.1, 0.15) is 30.1 Å². The van der Waals surface area contributed by atoms with Gasteiger partial charge in [-0.3, -0.25) is 9.59 Å². The number of likely N-dealkylation sites (tertiary alicyclic amines) is 1. The highest BCUT2D eigenvalue weighted by atomic mass is 16.5. The SMILES string of the molecule is CCOc1cc(C(=O)NC2CCC(=O)N(C)C2)ccc1OCC(=O)O. The molecule has 8 heteroatoms. The van der Waals surface area contributed by atoms with Crippen LogP contribution < -0.4 is 14.8 Å². The number of carboxylic acid groups (broad SMARTS) is 1. The number of carbonyl (C=O) groups is 3. The van der Waals surface area contributed by atoms with Gasteiger partial charge in [-0.25, -0.2) is 4.79 Å². The van der Waals surface area contributed by atoms with Crippen LogP contribution in [0.2, 0.25) is 0 Å². The average molecular weight is 350 g/mol. The van der Waals surface area contributed by atoms with Crippen molar-refractivity contribution < 1.29 is 29.0 Å². The monoisotopic (exact) mass is 350 g/mol. The number of piperidine rings is 1. The standard InChI is InChI=1S/C17H22N2O6/c1-3-24-14-8-11(4-6-13(14)25-10-16(21)22)17(23)18-12-5-7-15(20)19(2)9-12/h4,6,8,12H,3,5,7,9-10H2,1-2H3,(H,18,23)(H,21,22). The van der Waals surface area contributed by atoms with Gasteiger partial charge in [-0.1, -0.05) is 0 Å². The van der Waals surface area contributed by atoms with Crippen molar-refractivity contribution in [3.63, 3.8) is 0 Å². The summed E-state index contributed by atoms with van der Waals surface area (Å²) in [6.45, 7) is 2.11. The predicted octanol–water partition coefficient (Wildman–Crippen LogP) is 0.899. The molecular weight excluding hydrogens is 328 g/mol. The lowest BCUT2D eigenvalue weighted by Crippen LogP contribution is -2.48. The average Bonchev–Trinajstić information content (AvgIpc) is 2.57. The molecule has 0 bridgehead atoms. The van der Waals surface area contributed by atoms with Crippen molar-refractivity contribution in [3.8, 4) is 11.5 Å². The van der Waals surface area contributed by atoms with Gasteiger partial charge in [-0.15, -0.1) is 0 Å². The van der Waals surface area contributed by atoms with Crippen molar-refractivity contribution in [2.24, 2.45) is 0 Å². The highest BCUT2D eigenvalue weighted by Crippen LogP contribution is 2.28. The minimum absolute atomic E-state index is 0.0732. The number of likely N-dealkylation sites (N-methyl/N-ethyl adjacent to an activating group) is 1. The maximum Gasteiger partial charge on any atom is 0.341 e. The van der Waals surface area contributed by atoms with Crippen LogP contribution >= 0.6 is 0 Å². The van der Waals surface area contributed by atoms with E-state index in [4.69, 9.17) is 14.6 Å². The Morgan fingerprint density at radius 3 is 2.72 bits per heavy atom. The molecule has 2 N–H and O–H groups in total. The van der Waals surface area contributed by atoms with Crippen LogP contribution in [0.4, 0.5) is 0 Å². The number of nitrogens with one attached hydrogen (secondary N) is 1. The molecule has 1 heterocycles. The Morgan fingerprint density at radius 2 is 2.08 bits per heavy atom. The van der Waals surface area contributed by atoms with Gasteiger partial charge in [0.25, 0.3) is 5.91 Å². The molecule has 0 aliphatic carbocycles. The van der Waals surface area contributed by atoms with E-state index in [1.54, 1.807) is 24.9 Å². The van der Waals surface area contributed by atoms with Gasteiger partial charge >= 0.3 is 5.97 Å². The third-order valence-electron chi connectivity index (χ3n) is 3.82. The number of ether oxygens (including phenoxy) is 2. The maximum absolute atomic E-state index is 12.4. The van der Waals surface area contributed by atoms with Crippen molar-refractivity contribution in [2.45, 2.75) is 25.8 Å². The van der Waals surface area contributed by atoms with Gasteiger partial charge in [-0.05, 0) is 31.5 Å². The Morgan fingerprint density at radius 1 is 1.32 bits per heavy atom. The van der Waals surface area contributed by atoms with Crippen LogP contribution in [0.3, 0.4) is 0 Å². The summed E-state index contributed by atoms with van der Waals surface area (Å²) in [6.07, 6.45) is 1.01. The molecule has 1 fully saturated rings. The van der Waals surface area contributed by atoms with E-state index in [0.29, 0.717) is 37.3 Å². The highest BCUT2D eigenvalue weighted by molar-refractivity contribution is 5.95. The zero-order valence-corrected chi connectivity index (χ0v) is 14.3. The number of benzene rings is 1. The van der Waals surface area contributed by atoms with Gasteiger partial charge in [0.1, 0.15) is 0 Å². The van der Waals surface area contributed by atoms with Crippen molar-refractivity contribution in [3.05, 3.63) is 23.8 Å². The molecular formula is C17H22N2O6. The normalized spacial score (nSPS) is 17.1. The molecule has 1 saturated heterocycles. The molecule has 1 aliphatic rings. The second-order valence-electron chi connectivity index (χ2n) is 5.76. The van der Waals surface area contributed by atoms with E-state index in [-0.39, 0.29) is 23.6 Å². The molecule has 8 nitrogen and oxygen atoms in total. The van der Waals surface area contributed by atoms with Gasteiger partial charge in [0, 0.05) is 31.6 Å². The Balaban J connectivity index is 2.07. The van der Waals surface area contributed by atoms with Gasteiger partial charge in [0.2, 0.25) is 5.91 Å². The van der Waals surface area contributed by atoms with Gasteiger partial charge < -0.3 is 24.8 Å². The number of amides is 2. The summed E-state index contributed by atoms with van der Waals surface area (Å²) in [7, 11) is 1.71. The molecule has 2 rings (SSSR count). The molecule has 136 valence electrons. The van der Waals surface area contributed by atoms with Gasteiger partial charge in [0.05, 0.1) is 6.61 Å². The molecule has 25 heavy (non-hydrogen) atoms. The lowest BCUT2D eigenvalue weighted by Gasteiger charge is -2.30. The third-order valence-corrected chi connectivity index (χ3v) is 3.82. The third kappa shape index (κ3) is 5.10. The summed E-state index contributed by atoms with van der Waals surface area (Å²) in [5, 5.41) is 11.6. The summed E-state index contributed by atoms with van der Waals surface area (Å²) in [6, 6.07) is 4.48. The summed E-state index contributed by atoms with van der Waals surface area (Å²) in [5.74, 6) is -0.723. The molecule has 0 aromatic heterocycles. The number of carboxylic acids is 1. The van der Waals surface area contributed by atoms with Crippen molar-refractivity contribution >= 4 is 17.8 Å². The maximum atomic E-state index is 12.4. The van der Waals surface area contributed by atoms with E-state index in [9.17, 15) is 14.4 Å². The Labute approximate surface area is 145 Å². The first-order valence-electron chi connectivity index (χ1n) is 8.07. The molecule has 1 aromatic rings. The van der Waals surface area contributed by atoms with Crippen LogP contribution in [-0.4, -0.2) is 60.6 Å². The first-order chi connectivity index (χ1) is 11.9. The number of carbonyl (C=O) groups excluding carboxylic acids is 2. The Kier molecular flexibility index (Phi) is 6.21. The number of hydrogen-bond donors (Lipinski definition) is 2. The van der Waals surface area contributed by atoms with Crippen LogP contribution in [-0.2, 0) is 9.59 Å². The van der Waals surface area contributed by atoms with Crippen molar-refractivity contribution in [1.82, 2.24) is 10.2 Å². The summed E-state index contributed by atoms with van der Waals surface area (Å²) >= 11 is 0. The summed E-state index contributed by atoms with van der Waals surface area (Å²) in [4.78, 5) is 36.2. The van der Waals surface area contributed by atoms with E-state index in [1.165, 1.54) is 12.1 Å². The number of nitrogens with zero attached hydrogens (tertiary/aromatic N) is 1. The van der Waals surface area contributed by atoms with E-state index in [0.717, 1.165) is 0 Å². The molecule has 2 amide bonds. The largest absolute Gasteiger partial charge is 0.490 e. The molecule has 1 aliphatic heterocycles. The number of hydrogen-bond acceptors (Lipinski definition) is 5. The topological polar surface area (TPSA) is 105 Å². The summed E-state index contributed by atoms with van der Waals surface area (Å²) in [5.41, 5.74) is 0.380. The zero-order valence-electron chi connectivity index (χ0n) is 14.3. The minimum Gasteiger partial charge on any atom is -0.490 e. The van der Waals surface area contributed by atoms with Crippen molar-refractivity contribution in [1.29, 1.82) is 0 Å². The molecule has 0 spiro atoms.